The standard InChI is InChI=1S/C28H37N5O4.C2HF3O2/c1-18(2)32-23-14-13-20(10-6-5-9-15-31-28(29)30)17-22(23)26(36)33(19(3)16-24(34)35)25(27(32)37)21-11-7-4-8-12-21;3-2(4,5)1(6)7/h4,7-8,11-14,17-19,25H,5-6,9-10,15-16H2,1-3H3,(H,34,35)(H4,29,30,31);(H,6,7). The molecule has 6 N–H and O–H groups in total. The summed E-state index contributed by atoms with van der Waals surface area (Å²) in [6, 6.07) is 12.9. The lowest BCUT2D eigenvalue weighted by atomic mass is 10.00. The van der Waals surface area contributed by atoms with E-state index >= 15 is 0 Å². The van der Waals surface area contributed by atoms with Gasteiger partial charge >= 0.3 is 18.1 Å². The number of benzene rings is 2. The van der Waals surface area contributed by atoms with E-state index in [2.05, 4.69) is 5.32 Å². The highest BCUT2D eigenvalue weighted by Crippen LogP contribution is 2.38. The molecule has 2 aromatic rings. The Labute approximate surface area is 253 Å². The van der Waals surface area contributed by atoms with E-state index in [1.807, 2.05) is 50.2 Å². The molecule has 2 amide bonds. The Kier molecular flexibility index (Phi) is 12.7. The molecule has 0 aromatic heterocycles. The summed E-state index contributed by atoms with van der Waals surface area (Å²) in [5, 5.41) is 26.6. The van der Waals surface area contributed by atoms with E-state index in [0.717, 1.165) is 31.2 Å². The van der Waals surface area contributed by atoms with E-state index in [1.54, 1.807) is 24.0 Å². The van der Waals surface area contributed by atoms with E-state index in [0.29, 0.717) is 23.4 Å². The smallest absolute Gasteiger partial charge is 0.481 e. The molecule has 240 valence electrons. The maximum absolute atomic E-state index is 14.1. The van der Waals surface area contributed by atoms with Crippen LogP contribution in [0.25, 0.3) is 0 Å². The van der Waals surface area contributed by atoms with Gasteiger partial charge in [-0.05, 0) is 63.3 Å². The van der Waals surface area contributed by atoms with Gasteiger partial charge < -0.3 is 31.1 Å². The molecule has 2 unspecified atom stereocenters. The molecule has 0 radical (unpaired) electrons. The Bertz CT molecular complexity index is 1340. The first-order chi connectivity index (χ1) is 20.6. The Morgan fingerprint density at radius 1 is 1.02 bits per heavy atom. The monoisotopic (exact) mass is 621 g/mol. The van der Waals surface area contributed by atoms with Crippen LogP contribution < -0.4 is 16.0 Å². The van der Waals surface area contributed by atoms with Crippen molar-refractivity contribution in [2.75, 3.05) is 11.4 Å². The predicted octanol–water partition coefficient (Wildman–Crippen LogP) is 4.32. The molecule has 0 fully saturated rings. The topological polar surface area (TPSA) is 177 Å². The van der Waals surface area contributed by atoms with Crippen molar-refractivity contribution in [1.82, 2.24) is 10.2 Å². The Morgan fingerprint density at radius 2 is 1.64 bits per heavy atom. The van der Waals surface area contributed by atoms with Crippen molar-refractivity contribution < 1.29 is 42.6 Å². The molecule has 14 heteroatoms. The third-order valence-electron chi connectivity index (χ3n) is 6.81. The third-order valence-corrected chi connectivity index (χ3v) is 6.81. The third kappa shape index (κ3) is 9.71. The van der Waals surface area contributed by atoms with E-state index in [9.17, 15) is 32.7 Å². The second kappa shape index (κ2) is 15.7. The summed E-state index contributed by atoms with van der Waals surface area (Å²) in [6.45, 7) is 6.14. The van der Waals surface area contributed by atoms with E-state index < -0.39 is 30.2 Å². The summed E-state index contributed by atoms with van der Waals surface area (Å²) in [7, 11) is 0. The lowest BCUT2D eigenvalue weighted by Crippen LogP contribution is -2.48. The van der Waals surface area contributed by atoms with Crippen LogP contribution in [0.4, 0.5) is 18.9 Å². The largest absolute Gasteiger partial charge is 0.490 e. The average Bonchev–Trinajstić information content (AvgIpc) is 3.02. The fourth-order valence-electron chi connectivity index (χ4n) is 4.88. The molecule has 11 nitrogen and oxygen atoms in total. The zero-order valence-corrected chi connectivity index (χ0v) is 24.7. The summed E-state index contributed by atoms with van der Waals surface area (Å²) >= 11 is 0. The van der Waals surface area contributed by atoms with Crippen LogP contribution in [0.2, 0.25) is 0 Å². The molecule has 3 rings (SSSR count). The van der Waals surface area contributed by atoms with Crippen molar-refractivity contribution in [2.24, 2.45) is 5.73 Å². The number of aryl methyl sites for hydroxylation is 1. The molecule has 1 heterocycles. The molecule has 0 saturated carbocycles. The lowest BCUT2D eigenvalue weighted by Gasteiger charge is -2.36. The molecule has 0 spiro atoms. The lowest BCUT2D eigenvalue weighted by molar-refractivity contribution is -0.192. The van der Waals surface area contributed by atoms with Crippen molar-refractivity contribution in [3.63, 3.8) is 0 Å². The van der Waals surface area contributed by atoms with Crippen LogP contribution in [-0.2, 0) is 20.8 Å². The van der Waals surface area contributed by atoms with Crippen molar-refractivity contribution >= 4 is 35.4 Å². The van der Waals surface area contributed by atoms with Gasteiger partial charge in [0.05, 0.1) is 17.7 Å². The van der Waals surface area contributed by atoms with E-state index in [4.69, 9.17) is 21.0 Å². The minimum absolute atomic E-state index is 0.0380. The normalized spacial score (nSPS) is 15.6. The molecule has 0 bridgehead atoms. The number of halogens is 3. The number of rotatable bonds is 11. The SMILES string of the molecule is CC(C)N1C(=O)C(c2ccccc2)N(C(C)CC(=O)O)C(=O)c2cc(CCCCCNC(=N)N)ccc21.O=C(O)C(F)(F)F. The fraction of sp³-hybridized carbons (Fsp3) is 0.433. The number of nitrogens with two attached hydrogens (primary N) is 1. The maximum atomic E-state index is 14.1. The number of carbonyl (C=O) groups is 4. The molecule has 0 saturated heterocycles. The number of hydrogen-bond donors (Lipinski definition) is 5. The number of nitrogens with zero attached hydrogens (tertiary/aromatic N) is 2. The van der Waals surface area contributed by atoms with Crippen molar-refractivity contribution in [1.29, 1.82) is 5.41 Å². The predicted molar refractivity (Wildman–Crippen MR) is 157 cm³/mol. The van der Waals surface area contributed by atoms with Gasteiger partial charge in [-0.15, -0.1) is 0 Å². The number of aliphatic carboxylic acids is 2. The van der Waals surface area contributed by atoms with Gasteiger partial charge in [0.15, 0.2) is 5.96 Å². The molecule has 0 aliphatic carbocycles. The zero-order chi connectivity index (χ0) is 33.2. The van der Waals surface area contributed by atoms with E-state index in [-0.39, 0.29) is 30.2 Å². The molecular formula is C30H38F3N5O6. The minimum Gasteiger partial charge on any atom is -0.481 e. The summed E-state index contributed by atoms with van der Waals surface area (Å²) in [5.74, 6) is -4.42. The van der Waals surface area contributed by atoms with Crippen molar-refractivity contribution in [3.05, 3.63) is 65.2 Å². The second-order valence-electron chi connectivity index (χ2n) is 10.6. The minimum atomic E-state index is -5.08. The number of guanidine groups is 1. The number of unbranched alkanes of at least 4 members (excludes halogenated alkanes) is 2. The van der Waals surface area contributed by atoms with Crippen LogP contribution in [0, 0.1) is 5.41 Å². The molecule has 2 aromatic carbocycles. The number of fused-ring (bicyclic) bond motifs is 1. The van der Waals surface area contributed by atoms with Gasteiger partial charge in [-0.2, -0.15) is 13.2 Å². The number of anilines is 1. The summed E-state index contributed by atoms with van der Waals surface area (Å²) in [5.41, 5.74) is 7.90. The number of alkyl halides is 3. The number of amides is 2. The number of carboxylic acid groups (broad SMARTS) is 2. The summed E-state index contributed by atoms with van der Waals surface area (Å²) < 4.78 is 31.7. The van der Waals surface area contributed by atoms with Crippen LogP contribution in [0.5, 0.6) is 0 Å². The molecule has 1 aliphatic heterocycles. The average molecular weight is 622 g/mol. The fourth-order valence-corrected chi connectivity index (χ4v) is 4.88. The first-order valence-electron chi connectivity index (χ1n) is 14.0. The Balaban J connectivity index is 0.000000860. The maximum Gasteiger partial charge on any atom is 0.490 e. The summed E-state index contributed by atoms with van der Waals surface area (Å²) in [6.07, 6.45) is -1.90. The highest BCUT2D eigenvalue weighted by Gasteiger charge is 2.43. The quantitative estimate of drug-likeness (QED) is 0.140. The zero-order valence-electron chi connectivity index (χ0n) is 24.7. The summed E-state index contributed by atoms with van der Waals surface area (Å²) in [4.78, 5) is 51.8. The number of carbonyl (C=O) groups excluding carboxylic acids is 2. The van der Waals surface area contributed by atoms with Gasteiger partial charge in [-0.25, -0.2) is 4.79 Å². The van der Waals surface area contributed by atoms with Crippen LogP contribution in [-0.4, -0.2) is 69.6 Å². The highest BCUT2D eigenvalue weighted by molar-refractivity contribution is 6.11. The molecule has 1 aliphatic rings. The van der Waals surface area contributed by atoms with Gasteiger partial charge in [0.1, 0.15) is 6.04 Å². The first-order valence-corrected chi connectivity index (χ1v) is 14.0. The van der Waals surface area contributed by atoms with Crippen LogP contribution in [0.1, 0.15) is 74.0 Å². The first kappa shape index (κ1) is 35.6. The molecule has 44 heavy (non-hydrogen) atoms. The Hall–Kier alpha value is -4.62. The number of hydrogen-bond acceptors (Lipinski definition) is 5. The van der Waals surface area contributed by atoms with Gasteiger partial charge in [0, 0.05) is 18.6 Å². The number of nitrogens with one attached hydrogen (secondary N) is 2. The van der Waals surface area contributed by atoms with Crippen molar-refractivity contribution in [2.45, 2.75) is 77.2 Å². The van der Waals surface area contributed by atoms with Crippen molar-refractivity contribution in [3.8, 4) is 0 Å². The van der Waals surface area contributed by atoms with Gasteiger partial charge in [-0.3, -0.25) is 19.8 Å². The van der Waals surface area contributed by atoms with Crippen LogP contribution >= 0.6 is 0 Å². The van der Waals surface area contributed by atoms with Gasteiger partial charge in [-0.1, -0.05) is 42.8 Å². The molecular weight excluding hydrogens is 583 g/mol. The van der Waals surface area contributed by atoms with Crippen LogP contribution in [0.3, 0.4) is 0 Å². The Morgan fingerprint density at radius 3 is 2.16 bits per heavy atom. The van der Waals surface area contributed by atoms with Gasteiger partial charge in [0.25, 0.3) is 11.8 Å². The van der Waals surface area contributed by atoms with Crippen LogP contribution in [0.15, 0.2) is 48.5 Å². The highest BCUT2D eigenvalue weighted by atomic mass is 19.4. The molecule has 2 atom stereocenters. The second-order valence-corrected chi connectivity index (χ2v) is 10.6. The van der Waals surface area contributed by atoms with E-state index in [1.165, 1.54) is 4.90 Å². The van der Waals surface area contributed by atoms with Gasteiger partial charge in [0.2, 0.25) is 0 Å². The number of carboxylic acids is 2.